The lowest BCUT2D eigenvalue weighted by molar-refractivity contribution is 0.0172. The number of rotatable bonds is 3. The molecule has 1 aromatic carbocycles. The van der Waals surface area contributed by atoms with Crippen molar-refractivity contribution in [3.8, 4) is 0 Å². The quantitative estimate of drug-likeness (QED) is 0.831. The van der Waals surface area contributed by atoms with E-state index in [9.17, 15) is 8.42 Å². The summed E-state index contributed by atoms with van der Waals surface area (Å²) in [5.74, 6) is 0.604. The maximum absolute atomic E-state index is 11.7. The molecule has 2 fully saturated rings. The fraction of sp³-hybridized carbons (Fsp3) is 0.625. The minimum absolute atomic E-state index is 0.148. The molecule has 0 amide bonds. The second kappa shape index (κ2) is 6.98. The molecule has 2 heterocycles. The zero-order valence-corrected chi connectivity index (χ0v) is 13.7. The molecule has 0 spiro atoms. The number of benzene rings is 1. The lowest BCUT2D eigenvalue weighted by Gasteiger charge is -2.36. The Labute approximate surface area is 132 Å². The van der Waals surface area contributed by atoms with Crippen molar-refractivity contribution in [1.82, 2.24) is 4.90 Å². The number of nitrogens with zero attached hydrogens (tertiary/aromatic N) is 2. The Kier molecular flexibility index (Phi) is 5.00. The first-order chi connectivity index (χ1) is 10.6. The maximum Gasteiger partial charge on any atom is 0.151 e. The van der Waals surface area contributed by atoms with Gasteiger partial charge in [-0.1, -0.05) is 18.2 Å². The third kappa shape index (κ3) is 4.21. The van der Waals surface area contributed by atoms with Crippen LogP contribution >= 0.6 is 0 Å². The smallest absolute Gasteiger partial charge is 0.151 e. The molecular formula is C16H24N2O3S. The van der Waals surface area contributed by atoms with E-state index in [1.54, 1.807) is 0 Å². The van der Waals surface area contributed by atoms with Gasteiger partial charge in [-0.2, -0.15) is 0 Å². The average molecular weight is 324 g/mol. The highest BCUT2D eigenvalue weighted by Crippen LogP contribution is 2.18. The predicted octanol–water partition coefficient (Wildman–Crippen LogP) is 1.01. The predicted molar refractivity (Wildman–Crippen MR) is 88.1 cm³/mol. The molecule has 1 unspecified atom stereocenters. The second-order valence-corrected chi connectivity index (χ2v) is 8.38. The van der Waals surface area contributed by atoms with Crippen LogP contribution in [0.1, 0.15) is 6.42 Å². The number of para-hydroxylation sites is 1. The monoisotopic (exact) mass is 324 g/mol. The molecule has 1 aromatic rings. The SMILES string of the molecule is O=S1(=O)CCCN(CC2CN(c3ccccc3)CCO2)CC1. The molecule has 3 rings (SSSR count). The van der Waals surface area contributed by atoms with Crippen LogP contribution in [0.2, 0.25) is 0 Å². The van der Waals surface area contributed by atoms with E-state index >= 15 is 0 Å². The van der Waals surface area contributed by atoms with Gasteiger partial charge in [-0.3, -0.25) is 4.90 Å². The van der Waals surface area contributed by atoms with Gasteiger partial charge in [0.1, 0.15) is 0 Å². The van der Waals surface area contributed by atoms with Crippen molar-refractivity contribution in [3.05, 3.63) is 30.3 Å². The van der Waals surface area contributed by atoms with E-state index in [0.29, 0.717) is 12.3 Å². The van der Waals surface area contributed by atoms with Crippen molar-refractivity contribution in [1.29, 1.82) is 0 Å². The number of morpholine rings is 1. The molecular weight excluding hydrogens is 300 g/mol. The van der Waals surface area contributed by atoms with E-state index in [0.717, 1.165) is 39.2 Å². The molecule has 0 N–H and O–H groups in total. The Morgan fingerprint density at radius 3 is 2.73 bits per heavy atom. The first-order valence-electron chi connectivity index (χ1n) is 7.97. The highest BCUT2D eigenvalue weighted by atomic mass is 32.2. The summed E-state index contributed by atoms with van der Waals surface area (Å²) < 4.78 is 29.3. The number of anilines is 1. The van der Waals surface area contributed by atoms with Gasteiger partial charge in [0.05, 0.1) is 24.2 Å². The van der Waals surface area contributed by atoms with Gasteiger partial charge in [0, 0.05) is 31.9 Å². The zero-order chi connectivity index (χ0) is 15.4. The summed E-state index contributed by atoms with van der Waals surface area (Å²) in [4.78, 5) is 4.59. The molecule has 0 bridgehead atoms. The van der Waals surface area contributed by atoms with Crippen LogP contribution in [-0.2, 0) is 14.6 Å². The largest absolute Gasteiger partial charge is 0.373 e. The van der Waals surface area contributed by atoms with E-state index < -0.39 is 9.84 Å². The first-order valence-corrected chi connectivity index (χ1v) is 9.79. The normalized spacial score (nSPS) is 26.5. The summed E-state index contributed by atoms with van der Waals surface area (Å²) in [6.07, 6.45) is 0.882. The minimum Gasteiger partial charge on any atom is -0.373 e. The molecule has 5 nitrogen and oxygen atoms in total. The van der Waals surface area contributed by atoms with Gasteiger partial charge in [-0.05, 0) is 25.1 Å². The number of hydrogen-bond donors (Lipinski definition) is 0. The van der Waals surface area contributed by atoms with Crippen molar-refractivity contribution in [2.75, 3.05) is 55.7 Å². The summed E-state index contributed by atoms with van der Waals surface area (Å²) in [5.41, 5.74) is 1.23. The van der Waals surface area contributed by atoms with Gasteiger partial charge in [0.2, 0.25) is 0 Å². The van der Waals surface area contributed by atoms with Gasteiger partial charge < -0.3 is 9.64 Å². The fourth-order valence-electron chi connectivity index (χ4n) is 3.16. The van der Waals surface area contributed by atoms with Crippen LogP contribution in [0.3, 0.4) is 0 Å². The van der Waals surface area contributed by atoms with E-state index in [1.807, 2.05) is 6.07 Å². The Hall–Kier alpha value is -1.11. The fourth-order valence-corrected chi connectivity index (χ4v) is 4.47. The molecule has 1 atom stereocenters. The molecule has 22 heavy (non-hydrogen) atoms. The van der Waals surface area contributed by atoms with Gasteiger partial charge in [-0.25, -0.2) is 8.42 Å². The van der Waals surface area contributed by atoms with Gasteiger partial charge in [-0.15, -0.1) is 0 Å². The topological polar surface area (TPSA) is 49.9 Å². The first kappa shape index (κ1) is 15.8. The van der Waals surface area contributed by atoms with Crippen molar-refractivity contribution < 1.29 is 13.2 Å². The molecule has 0 aromatic heterocycles. The maximum atomic E-state index is 11.7. The van der Waals surface area contributed by atoms with E-state index in [1.165, 1.54) is 5.69 Å². The van der Waals surface area contributed by atoms with Crippen LogP contribution in [0.25, 0.3) is 0 Å². The molecule has 0 saturated carbocycles. The number of ether oxygens (including phenoxy) is 1. The molecule has 2 aliphatic heterocycles. The lowest BCUT2D eigenvalue weighted by atomic mass is 10.2. The Morgan fingerprint density at radius 1 is 1.09 bits per heavy atom. The van der Waals surface area contributed by atoms with Crippen LogP contribution < -0.4 is 4.90 Å². The molecule has 6 heteroatoms. The number of sulfone groups is 1. The highest BCUT2D eigenvalue weighted by Gasteiger charge is 2.25. The van der Waals surface area contributed by atoms with Crippen molar-refractivity contribution in [3.63, 3.8) is 0 Å². The van der Waals surface area contributed by atoms with E-state index in [2.05, 4.69) is 34.1 Å². The summed E-state index contributed by atoms with van der Waals surface area (Å²) in [5, 5.41) is 0. The van der Waals surface area contributed by atoms with Crippen LogP contribution in [-0.4, -0.2) is 70.3 Å². The molecule has 122 valence electrons. The highest BCUT2D eigenvalue weighted by molar-refractivity contribution is 7.91. The summed E-state index contributed by atoms with van der Waals surface area (Å²) in [7, 11) is -2.84. The number of hydrogen-bond acceptors (Lipinski definition) is 5. The molecule has 2 saturated heterocycles. The molecule has 0 aliphatic carbocycles. The van der Waals surface area contributed by atoms with Crippen LogP contribution in [0.5, 0.6) is 0 Å². The van der Waals surface area contributed by atoms with Crippen molar-refractivity contribution in [2.45, 2.75) is 12.5 Å². The Bertz CT molecular complexity index is 576. The third-order valence-corrected chi connectivity index (χ3v) is 6.09. The van der Waals surface area contributed by atoms with Crippen LogP contribution in [0.4, 0.5) is 5.69 Å². The summed E-state index contributed by atoms with van der Waals surface area (Å²) in [6.45, 7) is 4.81. The summed E-state index contributed by atoms with van der Waals surface area (Å²) in [6, 6.07) is 10.4. The molecule has 2 aliphatic rings. The Balaban J connectivity index is 1.56. The van der Waals surface area contributed by atoms with Crippen molar-refractivity contribution >= 4 is 15.5 Å². The lowest BCUT2D eigenvalue weighted by Crippen LogP contribution is -2.48. The van der Waals surface area contributed by atoms with Crippen LogP contribution in [0.15, 0.2) is 30.3 Å². The van der Waals surface area contributed by atoms with E-state index in [-0.39, 0.29) is 11.9 Å². The minimum atomic E-state index is -2.84. The Morgan fingerprint density at radius 2 is 1.91 bits per heavy atom. The van der Waals surface area contributed by atoms with E-state index in [4.69, 9.17) is 4.74 Å². The zero-order valence-electron chi connectivity index (χ0n) is 12.9. The second-order valence-electron chi connectivity index (χ2n) is 6.08. The van der Waals surface area contributed by atoms with Crippen LogP contribution in [0, 0.1) is 0 Å². The van der Waals surface area contributed by atoms with Gasteiger partial charge in [0.15, 0.2) is 9.84 Å². The van der Waals surface area contributed by atoms with Crippen molar-refractivity contribution in [2.24, 2.45) is 0 Å². The summed E-state index contributed by atoms with van der Waals surface area (Å²) >= 11 is 0. The van der Waals surface area contributed by atoms with Gasteiger partial charge >= 0.3 is 0 Å². The average Bonchev–Trinajstić information content (AvgIpc) is 2.70. The van der Waals surface area contributed by atoms with Gasteiger partial charge in [0.25, 0.3) is 0 Å². The molecule has 0 radical (unpaired) electrons. The standard InChI is InChI=1S/C16H24N2O3S/c19-22(20)11-4-7-17(9-12-22)13-16-14-18(8-10-21-16)15-5-2-1-3-6-15/h1-3,5-6,16H,4,7-14H2. The third-order valence-electron chi connectivity index (χ3n) is 4.37.